The lowest BCUT2D eigenvalue weighted by Gasteiger charge is -2.09. The second-order valence-electron chi connectivity index (χ2n) is 4.72. The highest BCUT2D eigenvalue weighted by atomic mass is 32.1. The third-order valence-corrected chi connectivity index (χ3v) is 4.37. The fraction of sp³-hybridized carbons (Fsp3) is 0.312. The lowest BCUT2D eigenvalue weighted by molar-refractivity contribution is 0.104. The molecule has 1 heterocycles. The molecule has 2 aromatic rings. The molecule has 0 aliphatic rings. The van der Waals surface area contributed by atoms with Gasteiger partial charge in [-0.05, 0) is 50.5 Å². The van der Waals surface area contributed by atoms with Crippen molar-refractivity contribution >= 4 is 17.1 Å². The predicted molar refractivity (Wildman–Crippen MR) is 77.8 cm³/mol. The first-order chi connectivity index (χ1) is 8.52. The molecule has 0 saturated heterocycles. The van der Waals surface area contributed by atoms with Crippen molar-refractivity contribution in [3.8, 4) is 0 Å². The van der Waals surface area contributed by atoms with Crippen LogP contribution in [-0.2, 0) is 6.42 Å². The van der Waals surface area contributed by atoms with Crippen molar-refractivity contribution in [2.24, 2.45) is 0 Å². The van der Waals surface area contributed by atoms with E-state index in [0.29, 0.717) is 0 Å². The largest absolute Gasteiger partial charge is 0.288 e. The van der Waals surface area contributed by atoms with Crippen LogP contribution in [-0.4, -0.2) is 5.78 Å². The topological polar surface area (TPSA) is 17.1 Å². The van der Waals surface area contributed by atoms with Crippen molar-refractivity contribution in [2.45, 2.75) is 34.1 Å². The standard InChI is InChI=1S/C16H18OS/c1-5-13-6-7-14(18-13)16(17)15-11(3)8-10(2)9-12(15)4/h6-9H,5H2,1-4H3. The van der Waals surface area contributed by atoms with Crippen LogP contribution in [0.15, 0.2) is 24.3 Å². The summed E-state index contributed by atoms with van der Waals surface area (Å²) in [5.41, 5.74) is 4.22. The molecule has 1 aromatic carbocycles. The molecule has 0 amide bonds. The number of hydrogen-bond donors (Lipinski definition) is 0. The van der Waals surface area contributed by atoms with Gasteiger partial charge in [0, 0.05) is 10.4 Å². The maximum Gasteiger partial charge on any atom is 0.203 e. The van der Waals surface area contributed by atoms with Crippen LogP contribution in [0.1, 0.15) is 43.7 Å². The number of benzene rings is 1. The highest BCUT2D eigenvalue weighted by molar-refractivity contribution is 7.14. The van der Waals surface area contributed by atoms with Gasteiger partial charge in [-0.3, -0.25) is 4.79 Å². The van der Waals surface area contributed by atoms with Crippen LogP contribution in [0.5, 0.6) is 0 Å². The van der Waals surface area contributed by atoms with Gasteiger partial charge in [0.05, 0.1) is 4.88 Å². The Morgan fingerprint density at radius 1 is 1.11 bits per heavy atom. The molecule has 0 unspecified atom stereocenters. The average Bonchev–Trinajstić information content (AvgIpc) is 2.75. The zero-order valence-corrected chi connectivity index (χ0v) is 12.1. The Kier molecular flexibility index (Phi) is 3.67. The van der Waals surface area contributed by atoms with Crippen molar-refractivity contribution < 1.29 is 4.79 Å². The number of ketones is 1. The van der Waals surface area contributed by atoms with Gasteiger partial charge in [0.1, 0.15) is 0 Å². The number of aryl methyl sites for hydroxylation is 4. The van der Waals surface area contributed by atoms with Crippen molar-refractivity contribution in [3.05, 3.63) is 56.3 Å². The summed E-state index contributed by atoms with van der Waals surface area (Å²) in [4.78, 5) is 14.7. The molecular weight excluding hydrogens is 240 g/mol. The number of hydrogen-bond acceptors (Lipinski definition) is 2. The smallest absolute Gasteiger partial charge is 0.203 e. The molecule has 2 heteroatoms. The van der Waals surface area contributed by atoms with E-state index in [-0.39, 0.29) is 5.78 Å². The Balaban J connectivity index is 2.46. The summed E-state index contributed by atoms with van der Waals surface area (Å²) in [7, 11) is 0. The fourth-order valence-electron chi connectivity index (χ4n) is 2.35. The maximum absolute atomic E-state index is 12.5. The van der Waals surface area contributed by atoms with Crippen LogP contribution < -0.4 is 0 Å². The van der Waals surface area contributed by atoms with E-state index >= 15 is 0 Å². The van der Waals surface area contributed by atoms with Crippen molar-refractivity contribution in [3.63, 3.8) is 0 Å². The highest BCUT2D eigenvalue weighted by Crippen LogP contribution is 2.24. The molecule has 0 saturated carbocycles. The Morgan fingerprint density at radius 3 is 2.22 bits per heavy atom. The molecule has 0 bridgehead atoms. The van der Waals surface area contributed by atoms with Crippen molar-refractivity contribution in [2.75, 3.05) is 0 Å². The van der Waals surface area contributed by atoms with Gasteiger partial charge in [-0.1, -0.05) is 24.6 Å². The lowest BCUT2D eigenvalue weighted by atomic mass is 9.96. The minimum absolute atomic E-state index is 0.162. The molecule has 1 nitrogen and oxygen atoms in total. The van der Waals surface area contributed by atoms with Gasteiger partial charge in [-0.25, -0.2) is 0 Å². The summed E-state index contributed by atoms with van der Waals surface area (Å²) >= 11 is 1.61. The van der Waals surface area contributed by atoms with Gasteiger partial charge in [-0.15, -0.1) is 11.3 Å². The molecule has 0 fully saturated rings. The van der Waals surface area contributed by atoms with E-state index in [1.165, 1.54) is 10.4 Å². The first-order valence-electron chi connectivity index (χ1n) is 6.24. The molecule has 94 valence electrons. The molecule has 18 heavy (non-hydrogen) atoms. The monoisotopic (exact) mass is 258 g/mol. The lowest BCUT2D eigenvalue weighted by Crippen LogP contribution is -2.05. The van der Waals surface area contributed by atoms with E-state index < -0.39 is 0 Å². The molecule has 0 aliphatic heterocycles. The van der Waals surface area contributed by atoms with Gasteiger partial charge >= 0.3 is 0 Å². The zero-order chi connectivity index (χ0) is 13.3. The third kappa shape index (κ3) is 2.39. The van der Waals surface area contributed by atoms with Crippen LogP contribution in [0.4, 0.5) is 0 Å². The number of carbonyl (C=O) groups excluding carboxylic acids is 1. The van der Waals surface area contributed by atoms with Crippen molar-refractivity contribution in [1.82, 2.24) is 0 Å². The SMILES string of the molecule is CCc1ccc(C(=O)c2c(C)cc(C)cc2C)s1. The first kappa shape index (κ1) is 13.0. The molecule has 1 aromatic heterocycles. The fourth-order valence-corrected chi connectivity index (χ4v) is 3.25. The second kappa shape index (κ2) is 5.07. The zero-order valence-electron chi connectivity index (χ0n) is 11.3. The van der Waals surface area contributed by atoms with Gasteiger partial charge in [0.2, 0.25) is 5.78 Å². The van der Waals surface area contributed by atoms with Crippen LogP contribution in [0.3, 0.4) is 0 Å². The highest BCUT2D eigenvalue weighted by Gasteiger charge is 2.16. The molecule has 0 N–H and O–H groups in total. The molecule has 0 atom stereocenters. The third-order valence-electron chi connectivity index (χ3n) is 3.14. The van der Waals surface area contributed by atoms with Crippen LogP contribution in [0, 0.1) is 20.8 Å². The van der Waals surface area contributed by atoms with E-state index in [9.17, 15) is 4.79 Å². The van der Waals surface area contributed by atoms with Gasteiger partial charge < -0.3 is 0 Å². The van der Waals surface area contributed by atoms with E-state index in [2.05, 4.69) is 32.0 Å². The number of carbonyl (C=O) groups is 1. The summed E-state index contributed by atoms with van der Waals surface area (Å²) in [5, 5.41) is 0. The Morgan fingerprint density at radius 2 is 1.72 bits per heavy atom. The minimum atomic E-state index is 0.162. The quantitative estimate of drug-likeness (QED) is 0.742. The van der Waals surface area contributed by atoms with E-state index in [1.54, 1.807) is 11.3 Å². The molecule has 0 radical (unpaired) electrons. The number of rotatable bonds is 3. The molecule has 0 spiro atoms. The van der Waals surface area contributed by atoms with Crippen LogP contribution in [0.2, 0.25) is 0 Å². The van der Waals surface area contributed by atoms with Gasteiger partial charge in [-0.2, -0.15) is 0 Å². The minimum Gasteiger partial charge on any atom is -0.288 e. The second-order valence-corrected chi connectivity index (χ2v) is 5.89. The van der Waals surface area contributed by atoms with Crippen LogP contribution >= 0.6 is 11.3 Å². The van der Waals surface area contributed by atoms with E-state index in [4.69, 9.17) is 0 Å². The van der Waals surface area contributed by atoms with Crippen LogP contribution in [0.25, 0.3) is 0 Å². The Labute approximate surface area is 112 Å². The molecular formula is C16H18OS. The summed E-state index contributed by atoms with van der Waals surface area (Å²) in [6.45, 7) is 8.21. The normalized spacial score (nSPS) is 10.7. The summed E-state index contributed by atoms with van der Waals surface area (Å²) in [6, 6.07) is 8.16. The molecule has 0 aliphatic carbocycles. The van der Waals surface area contributed by atoms with E-state index in [1.807, 2.05) is 19.9 Å². The Hall–Kier alpha value is -1.41. The average molecular weight is 258 g/mol. The summed E-state index contributed by atoms with van der Waals surface area (Å²) < 4.78 is 0. The Bertz CT molecular complexity index is 570. The van der Waals surface area contributed by atoms with E-state index in [0.717, 1.165) is 28.0 Å². The molecule has 2 rings (SSSR count). The van der Waals surface area contributed by atoms with Gasteiger partial charge in [0.25, 0.3) is 0 Å². The summed E-state index contributed by atoms with van der Waals surface area (Å²) in [5.74, 6) is 0.162. The number of thiophene rings is 1. The predicted octanol–water partition coefficient (Wildman–Crippen LogP) is 4.47. The first-order valence-corrected chi connectivity index (χ1v) is 7.05. The van der Waals surface area contributed by atoms with Gasteiger partial charge in [0.15, 0.2) is 0 Å². The summed E-state index contributed by atoms with van der Waals surface area (Å²) in [6.07, 6.45) is 0.990. The van der Waals surface area contributed by atoms with Crippen molar-refractivity contribution in [1.29, 1.82) is 0 Å². The maximum atomic E-state index is 12.5.